The van der Waals surface area contributed by atoms with E-state index in [9.17, 15) is 0 Å². The van der Waals surface area contributed by atoms with Crippen molar-refractivity contribution in [2.75, 3.05) is 32.7 Å². The Kier molecular flexibility index (Phi) is 4.14. The lowest BCUT2D eigenvalue weighted by molar-refractivity contribution is 0.166. The second kappa shape index (κ2) is 5.85. The number of piperazine rings is 1. The molecule has 1 fully saturated rings. The third kappa shape index (κ3) is 3.63. The SMILES string of the molecule is c1ccc(CCNN2CCNCC2)cc1. The predicted octanol–water partition coefficient (Wildman–Crippen LogP) is 0.639. The summed E-state index contributed by atoms with van der Waals surface area (Å²) in [6.45, 7) is 5.43. The van der Waals surface area contributed by atoms with Crippen LogP contribution in [0.3, 0.4) is 0 Å². The number of hydrogen-bond donors (Lipinski definition) is 2. The summed E-state index contributed by atoms with van der Waals surface area (Å²) >= 11 is 0. The maximum atomic E-state index is 3.46. The fraction of sp³-hybridized carbons (Fsp3) is 0.500. The molecule has 0 saturated carbocycles. The van der Waals surface area contributed by atoms with Crippen LogP contribution in [0.4, 0.5) is 0 Å². The first-order valence-electron chi connectivity index (χ1n) is 5.68. The van der Waals surface area contributed by atoms with Gasteiger partial charge in [-0.2, -0.15) is 0 Å². The zero-order valence-corrected chi connectivity index (χ0v) is 9.08. The molecule has 15 heavy (non-hydrogen) atoms. The molecule has 2 rings (SSSR count). The molecule has 1 aromatic rings. The second-order valence-corrected chi connectivity index (χ2v) is 3.88. The van der Waals surface area contributed by atoms with Crippen LogP contribution in [0, 0.1) is 0 Å². The van der Waals surface area contributed by atoms with E-state index in [1.54, 1.807) is 0 Å². The quantitative estimate of drug-likeness (QED) is 0.755. The minimum Gasteiger partial charge on any atom is -0.314 e. The van der Waals surface area contributed by atoms with E-state index in [1.165, 1.54) is 5.56 Å². The van der Waals surface area contributed by atoms with Crippen molar-refractivity contribution in [1.82, 2.24) is 15.8 Å². The first-order chi connectivity index (χ1) is 7.45. The van der Waals surface area contributed by atoms with E-state index in [4.69, 9.17) is 0 Å². The van der Waals surface area contributed by atoms with Gasteiger partial charge in [0.05, 0.1) is 0 Å². The van der Waals surface area contributed by atoms with Gasteiger partial charge in [0.2, 0.25) is 0 Å². The predicted molar refractivity (Wildman–Crippen MR) is 62.6 cm³/mol. The number of rotatable bonds is 4. The first-order valence-corrected chi connectivity index (χ1v) is 5.68. The molecular formula is C12H19N3. The second-order valence-electron chi connectivity index (χ2n) is 3.88. The van der Waals surface area contributed by atoms with Gasteiger partial charge < -0.3 is 5.32 Å². The lowest BCUT2D eigenvalue weighted by atomic mass is 10.2. The van der Waals surface area contributed by atoms with Crippen LogP contribution in [0.25, 0.3) is 0 Å². The number of nitrogens with zero attached hydrogens (tertiary/aromatic N) is 1. The van der Waals surface area contributed by atoms with Crippen molar-refractivity contribution in [3.8, 4) is 0 Å². The summed E-state index contributed by atoms with van der Waals surface area (Å²) in [7, 11) is 0. The summed E-state index contributed by atoms with van der Waals surface area (Å²) < 4.78 is 0. The number of hydrogen-bond acceptors (Lipinski definition) is 3. The molecule has 3 nitrogen and oxygen atoms in total. The minimum atomic E-state index is 1.03. The van der Waals surface area contributed by atoms with E-state index >= 15 is 0 Å². The Bertz CT molecular complexity index is 267. The average Bonchev–Trinajstić information content (AvgIpc) is 2.32. The van der Waals surface area contributed by atoms with E-state index in [0.29, 0.717) is 0 Å². The maximum absolute atomic E-state index is 3.46. The van der Waals surface area contributed by atoms with Gasteiger partial charge in [0, 0.05) is 32.7 Å². The van der Waals surface area contributed by atoms with Crippen LogP contribution in [0.2, 0.25) is 0 Å². The molecule has 0 aliphatic carbocycles. The minimum absolute atomic E-state index is 1.03. The summed E-state index contributed by atoms with van der Waals surface area (Å²) in [6, 6.07) is 10.6. The lowest BCUT2D eigenvalue weighted by Gasteiger charge is -2.27. The van der Waals surface area contributed by atoms with Crippen molar-refractivity contribution in [2.24, 2.45) is 0 Å². The third-order valence-corrected chi connectivity index (χ3v) is 2.71. The Hall–Kier alpha value is -0.900. The summed E-state index contributed by atoms with van der Waals surface area (Å²) in [4.78, 5) is 0. The van der Waals surface area contributed by atoms with Gasteiger partial charge in [-0.25, -0.2) is 5.01 Å². The molecule has 1 aliphatic rings. The molecule has 1 heterocycles. The Morgan fingerprint density at radius 2 is 1.87 bits per heavy atom. The normalized spacial score (nSPS) is 17.9. The molecule has 0 bridgehead atoms. The summed E-state index contributed by atoms with van der Waals surface area (Å²) in [5.41, 5.74) is 4.87. The standard InChI is InChI=1S/C12H19N3/c1-2-4-12(5-3-1)6-7-14-15-10-8-13-9-11-15/h1-5,13-14H,6-11H2. The molecule has 82 valence electrons. The Morgan fingerprint density at radius 3 is 2.60 bits per heavy atom. The van der Waals surface area contributed by atoms with Crippen LogP contribution in [-0.2, 0) is 6.42 Å². The Labute approximate surface area is 91.4 Å². The van der Waals surface area contributed by atoms with Crippen molar-refractivity contribution in [1.29, 1.82) is 0 Å². The Morgan fingerprint density at radius 1 is 1.13 bits per heavy atom. The molecule has 3 heteroatoms. The van der Waals surface area contributed by atoms with Crippen molar-refractivity contribution in [3.05, 3.63) is 35.9 Å². The van der Waals surface area contributed by atoms with Crippen molar-refractivity contribution < 1.29 is 0 Å². The molecule has 0 spiro atoms. The average molecular weight is 205 g/mol. The van der Waals surface area contributed by atoms with Crippen LogP contribution in [0.5, 0.6) is 0 Å². The Balaban J connectivity index is 1.66. The number of benzene rings is 1. The molecule has 1 aliphatic heterocycles. The van der Waals surface area contributed by atoms with E-state index in [0.717, 1.165) is 39.1 Å². The van der Waals surface area contributed by atoms with E-state index in [1.807, 2.05) is 0 Å². The van der Waals surface area contributed by atoms with Gasteiger partial charge in [0.1, 0.15) is 0 Å². The molecular weight excluding hydrogens is 186 g/mol. The van der Waals surface area contributed by atoms with E-state index < -0.39 is 0 Å². The van der Waals surface area contributed by atoms with Crippen LogP contribution in [-0.4, -0.2) is 37.7 Å². The van der Waals surface area contributed by atoms with Gasteiger partial charge in [-0.15, -0.1) is 0 Å². The number of hydrazine groups is 1. The summed E-state index contributed by atoms with van der Waals surface area (Å²) in [5, 5.41) is 5.65. The van der Waals surface area contributed by atoms with Crippen LogP contribution >= 0.6 is 0 Å². The van der Waals surface area contributed by atoms with Gasteiger partial charge in [0.25, 0.3) is 0 Å². The van der Waals surface area contributed by atoms with Crippen LogP contribution in [0.1, 0.15) is 5.56 Å². The lowest BCUT2D eigenvalue weighted by Crippen LogP contribution is -2.50. The first kappa shape index (κ1) is 10.6. The summed E-state index contributed by atoms with van der Waals surface area (Å²) in [5.74, 6) is 0. The zero-order valence-electron chi connectivity index (χ0n) is 9.08. The van der Waals surface area contributed by atoms with Crippen molar-refractivity contribution in [3.63, 3.8) is 0 Å². The van der Waals surface area contributed by atoms with Crippen molar-refractivity contribution >= 4 is 0 Å². The van der Waals surface area contributed by atoms with Crippen LogP contribution < -0.4 is 10.7 Å². The smallest absolute Gasteiger partial charge is 0.0256 e. The monoisotopic (exact) mass is 205 g/mol. The fourth-order valence-corrected chi connectivity index (χ4v) is 1.83. The highest BCUT2D eigenvalue weighted by Gasteiger charge is 2.07. The molecule has 0 radical (unpaired) electrons. The topological polar surface area (TPSA) is 27.3 Å². The summed E-state index contributed by atoms with van der Waals surface area (Å²) in [6.07, 6.45) is 1.10. The zero-order chi connectivity index (χ0) is 10.3. The van der Waals surface area contributed by atoms with E-state index in [-0.39, 0.29) is 0 Å². The molecule has 1 saturated heterocycles. The molecule has 2 N–H and O–H groups in total. The van der Waals surface area contributed by atoms with Crippen molar-refractivity contribution in [2.45, 2.75) is 6.42 Å². The number of nitrogens with one attached hydrogen (secondary N) is 2. The molecule has 0 atom stereocenters. The molecule has 1 aromatic carbocycles. The highest BCUT2D eigenvalue weighted by Crippen LogP contribution is 1.98. The van der Waals surface area contributed by atoms with Gasteiger partial charge >= 0.3 is 0 Å². The van der Waals surface area contributed by atoms with Crippen LogP contribution in [0.15, 0.2) is 30.3 Å². The molecule has 0 aromatic heterocycles. The third-order valence-electron chi connectivity index (χ3n) is 2.71. The largest absolute Gasteiger partial charge is 0.314 e. The van der Waals surface area contributed by atoms with Gasteiger partial charge in [-0.1, -0.05) is 30.3 Å². The van der Waals surface area contributed by atoms with Gasteiger partial charge in [0.15, 0.2) is 0 Å². The maximum Gasteiger partial charge on any atom is 0.0256 e. The fourth-order valence-electron chi connectivity index (χ4n) is 1.83. The van der Waals surface area contributed by atoms with E-state index in [2.05, 4.69) is 46.1 Å². The van der Waals surface area contributed by atoms with Gasteiger partial charge in [-0.3, -0.25) is 5.43 Å². The molecule has 0 amide bonds. The highest BCUT2D eigenvalue weighted by atomic mass is 15.5. The molecule has 0 unspecified atom stereocenters. The van der Waals surface area contributed by atoms with Gasteiger partial charge in [-0.05, 0) is 12.0 Å². The highest BCUT2D eigenvalue weighted by molar-refractivity contribution is 5.14.